The first-order valence-corrected chi connectivity index (χ1v) is 7.33. The highest BCUT2D eigenvalue weighted by Gasteiger charge is 2.24. The molecule has 0 saturated heterocycles. The maximum Gasteiger partial charge on any atom is 0.122 e. The van der Waals surface area contributed by atoms with E-state index < -0.39 is 0 Å². The first-order valence-electron chi connectivity index (χ1n) is 7.33. The standard InChI is InChI=1S/C18H22N2O/c1-12-8-14(19-11-15-6-5-7-21-15)9-16-13(2)10-18(3,4)20-17(12)16/h5-10,19-20H,11H2,1-4H3. The number of hydrogen-bond acceptors (Lipinski definition) is 3. The van der Waals surface area contributed by atoms with E-state index in [2.05, 4.69) is 56.5 Å². The van der Waals surface area contributed by atoms with Gasteiger partial charge in [0.15, 0.2) is 0 Å². The maximum atomic E-state index is 5.36. The predicted octanol–water partition coefficient (Wildman–Crippen LogP) is 4.81. The number of rotatable bonds is 3. The largest absolute Gasteiger partial charge is 0.467 e. The molecule has 1 aliphatic rings. The fourth-order valence-corrected chi connectivity index (χ4v) is 2.95. The van der Waals surface area contributed by atoms with Crippen LogP contribution in [0.3, 0.4) is 0 Å². The summed E-state index contributed by atoms with van der Waals surface area (Å²) in [4.78, 5) is 0. The Balaban J connectivity index is 1.89. The van der Waals surface area contributed by atoms with Crippen LogP contribution in [0.15, 0.2) is 41.0 Å². The molecule has 0 saturated carbocycles. The van der Waals surface area contributed by atoms with Gasteiger partial charge in [-0.1, -0.05) is 6.08 Å². The van der Waals surface area contributed by atoms with E-state index in [-0.39, 0.29) is 5.54 Å². The second-order valence-electron chi connectivity index (χ2n) is 6.32. The Kier molecular flexibility index (Phi) is 3.28. The van der Waals surface area contributed by atoms with E-state index in [1.54, 1.807) is 6.26 Å². The number of anilines is 2. The number of benzene rings is 1. The fraction of sp³-hybridized carbons (Fsp3) is 0.333. The molecule has 1 aromatic carbocycles. The summed E-state index contributed by atoms with van der Waals surface area (Å²) >= 11 is 0. The summed E-state index contributed by atoms with van der Waals surface area (Å²) in [6.07, 6.45) is 3.99. The molecule has 0 atom stereocenters. The van der Waals surface area contributed by atoms with Gasteiger partial charge in [-0.25, -0.2) is 0 Å². The van der Waals surface area contributed by atoms with Crippen LogP contribution in [0.1, 0.15) is 37.7 Å². The SMILES string of the molecule is CC1=CC(C)(C)Nc2c(C)cc(NCc3ccco3)cc21. The summed E-state index contributed by atoms with van der Waals surface area (Å²) in [5.41, 5.74) is 6.22. The average molecular weight is 282 g/mol. The molecule has 3 nitrogen and oxygen atoms in total. The van der Waals surface area contributed by atoms with Gasteiger partial charge in [-0.2, -0.15) is 0 Å². The second-order valence-corrected chi connectivity index (χ2v) is 6.32. The predicted molar refractivity (Wildman–Crippen MR) is 88.6 cm³/mol. The number of fused-ring (bicyclic) bond motifs is 1. The zero-order valence-electron chi connectivity index (χ0n) is 13.1. The van der Waals surface area contributed by atoms with Crippen molar-refractivity contribution in [3.05, 3.63) is 53.5 Å². The molecule has 1 aliphatic heterocycles. The van der Waals surface area contributed by atoms with Gasteiger partial charge >= 0.3 is 0 Å². The number of nitrogens with one attached hydrogen (secondary N) is 2. The lowest BCUT2D eigenvalue weighted by atomic mass is 9.89. The lowest BCUT2D eigenvalue weighted by Crippen LogP contribution is -2.32. The van der Waals surface area contributed by atoms with Crippen molar-refractivity contribution in [3.63, 3.8) is 0 Å². The zero-order valence-corrected chi connectivity index (χ0v) is 13.1. The van der Waals surface area contributed by atoms with Crippen LogP contribution in [0.5, 0.6) is 0 Å². The third-order valence-corrected chi connectivity index (χ3v) is 3.83. The smallest absolute Gasteiger partial charge is 0.122 e. The Morgan fingerprint density at radius 2 is 2.05 bits per heavy atom. The van der Waals surface area contributed by atoms with E-state index >= 15 is 0 Å². The van der Waals surface area contributed by atoms with Crippen LogP contribution in [0, 0.1) is 6.92 Å². The molecular formula is C18H22N2O. The molecule has 0 unspecified atom stereocenters. The van der Waals surface area contributed by atoms with Crippen LogP contribution < -0.4 is 10.6 Å². The van der Waals surface area contributed by atoms with Crippen molar-refractivity contribution in [2.24, 2.45) is 0 Å². The van der Waals surface area contributed by atoms with Crippen LogP contribution >= 0.6 is 0 Å². The van der Waals surface area contributed by atoms with Gasteiger partial charge in [0.2, 0.25) is 0 Å². The Bertz CT molecular complexity index is 681. The summed E-state index contributed by atoms with van der Waals surface area (Å²) in [7, 11) is 0. The summed E-state index contributed by atoms with van der Waals surface area (Å²) in [5.74, 6) is 0.942. The number of hydrogen-bond donors (Lipinski definition) is 2. The van der Waals surface area contributed by atoms with Crippen LogP contribution in [0.4, 0.5) is 11.4 Å². The highest BCUT2D eigenvalue weighted by molar-refractivity contribution is 5.84. The van der Waals surface area contributed by atoms with Crippen LogP contribution in [0.2, 0.25) is 0 Å². The molecule has 21 heavy (non-hydrogen) atoms. The monoisotopic (exact) mass is 282 g/mol. The normalized spacial score (nSPS) is 15.9. The van der Waals surface area contributed by atoms with Crippen molar-refractivity contribution in [2.45, 2.75) is 39.8 Å². The van der Waals surface area contributed by atoms with Crippen LogP contribution in [-0.4, -0.2) is 5.54 Å². The van der Waals surface area contributed by atoms with Crippen molar-refractivity contribution in [1.29, 1.82) is 0 Å². The van der Waals surface area contributed by atoms with Gasteiger partial charge in [-0.15, -0.1) is 0 Å². The molecule has 2 aromatic rings. The summed E-state index contributed by atoms with van der Waals surface area (Å²) in [6.45, 7) is 9.42. The second kappa shape index (κ2) is 4.99. The van der Waals surface area contributed by atoms with Crippen molar-refractivity contribution >= 4 is 16.9 Å². The first kappa shape index (κ1) is 13.8. The highest BCUT2D eigenvalue weighted by Crippen LogP contribution is 2.37. The summed E-state index contributed by atoms with van der Waals surface area (Å²) in [6, 6.07) is 8.28. The Hall–Kier alpha value is -2.16. The van der Waals surface area contributed by atoms with Gasteiger partial charge in [-0.3, -0.25) is 0 Å². The molecule has 1 aromatic heterocycles. The van der Waals surface area contributed by atoms with Crippen molar-refractivity contribution < 1.29 is 4.42 Å². The molecule has 0 aliphatic carbocycles. The first-order chi connectivity index (χ1) is 9.94. The van der Waals surface area contributed by atoms with E-state index in [4.69, 9.17) is 4.42 Å². The number of aryl methyl sites for hydroxylation is 1. The zero-order chi connectivity index (χ0) is 15.0. The van der Waals surface area contributed by atoms with Crippen molar-refractivity contribution in [2.75, 3.05) is 10.6 Å². The molecule has 0 amide bonds. The van der Waals surface area contributed by atoms with E-state index in [1.807, 2.05) is 12.1 Å². The van der Waals surface area contributed by atoms with E-state index in [0.29, 0.717) is 6.54 Å². The molecular weight excluding hydrogens is 260 g/mol. The Labute approximate surface area is 126 Å². The molecule has 2 N–H and O–H groups in total. The van der Waals surface area contributed by atoms with Gasteiger partial charge in [0, 0.05) is 16.9 Å². The molecule has 3 rings (SSSR count). The maximum absolute atomic E-state index is 5.36. The minimum absolute atomic E-state index is 0.00492. The Morgan fingerprint density at radius 3 is 2.76 bits per heavy atom. The summed E-state index contributed by atoms with van der Waals surface area (Å²) in [5, 5.41) is 7.04. The topological polar surface area (TPSA) is 37.2 Å². The lowest BCUT2D eigenvalue weighted by molar-refractivity contribution is 0.518. The van der Waals surface area contributed by atoms with Gasteiger partial charge in [0.1, 0.15) is 5.76 Å². The van der Waals surface area contributed by atoms with Crippen LogP contribution in [0.25, 0.3) is 5.57 Å². The summed E-state index contributed by atoms with van der Waals surface area (Å²) < 4.78 is 5.36. The van der Waals surface area contributed by atoms with Gasteiger partial charge in [-0.05, 0) is 63.1 Å². The average Bonchev–Trinajstić information content (AvgIpc) is 2.90. The lowest BCUT2D eigenvalue weighted by Gasteiger charge is -2.33. The number of furan rings is 1. The Morgan fingerprint density at radius 1 is 1.24 bits per heavy atom. The molecule has 0 fully saturated rings. The highest BCUT2D eigenvalue weighted by atomic mass is 16.3. The molecule has 2 heterocycles. The van der Waals surface area contributed by atoms with Gasteiger partial charge in [0.05, 0.1) is 18.3 Å². The van der Waals surface area contributed by atoms with Crippen LogP contribution in [-0.2, 0) is 6.54 Å². The quantitative estimate of drug-likeness (QED) is 0.848. The van der Waals surface area contributed by atoms with Gasteiger partial charge < -0.3 is 15.1 Å². The third kappa shape index (κ3) is 2.82. The molecule has 0 bridgehead atoms. The van der Waals surface area contributed by atoms with E-state index in [9.17, 15) is 0 Å². The molecule has 3 heteroatoms. The minimum atomic E-state index is 0.00492. The minimum Gasteiger partial charge on any atom is -0.467 e. The van der Waals surface area contributed by atoms with Gasteiger partial charge in [0.25, 0.3) is 0 Å². The van der Waals surface area contributed by atoms with E-state index in [1.165, 1.54) is 22.4 Å². The fourth-order valence-electron chi connectivity index (χ4n) is 2.95. The van der Waals surface area contributed by atoms with E-state index in [0.717, 1.165) is 11.4 Å². The number of allylic oxidation sites excluding steroid dienone is 1. The third-order valence-electron chi connectivity index (χ3n) is 3.83. The van der Waals surface area contributed by atoms with Crippen molar-refractivity contribution in [3.8, 4) is 0 Å². The molecule has 0 spiro atoms. The van der Waals surface area contributed by atoms with Crippen molar-refractivity contribution in [1.82, 2.24) is 0 Å². The molecule has 110 valence electrons. The molecule has 0 radical (unpaired) electrons.